The lowest BCUT2D eigenvalue weighted by Crippen LogP contribution is -2.16. The number of hydrogen-bond acceptors (Lipinski definition) is 12. The molecule has 0 aliphatic heterocycles. The van der Waals surface area contributed by atoms with Gasteiger partial charge < -0.3 is 47.4 Å². The number of ether oxygens (including phenoxy) is 10. The minimum atomic E-state index is -0.407. The topological polar surface area (TPSA) is 126 Å². The van der Waals surface area contributed by atoms with Crippen LogP contribution in [0, 0.1) is 0 Å². The van der Waals surface area contributed by atoms with E-state index in [0.717, 1.165) is 12.8 Å². The first-order chi connectivity index (χ1) is 23.2. The van der Waals surface area contributed by atoms with E-state index < -0.39 is 5.97 Å². The zero-order valence-corrected chi connectivity index (χ0v) is 29.8. The monoisotopic (exact) mass is 680 g/mol. The molecule has 0 heterocycles. The van der Waals surface area contributed by atoms with Gasteiger partial charge in [0.15, 0.2) is 0 Å². The van der Waals surface area contributed by atoms with Gasteiger partial charge in [0.2, 0.25) is 0 Å². The Kier molecular flexibility index (Phi) is 39.6. The summed E-state index contributed by atoms with van der Waals surface area (Å²) in [4.78, 5) is 22.7. The molecule has 12 nitrogen and oxygen atoms in total. The van der Waals surface area contributed by atoms with Crippen molar-refractivity contribution in [1.29, 1.82) is 0 Å². The highest BCUT2D eigenvalue weighted by atomic mass is 16.6. The van der Waals surface area contributed by atoms with E-state index >= 15 is 0 Å². The Hall–Kier alpha value is -1.38. The third-order valence-corrected chi connectivity index (χ3v) is 7.03. The summed E-state index contributed by atoms with van der Waals surface area (Å²) in [6.45, 7) is 9.27. The SMILES string of the molecule is CCCCCCCCCCCCCCCC(=O)OCCOCCOCCOCCOCCOCCOCCOCCOCC(=O)OC. The highest BCUT2D eigenvalue weighted by molar-refractivity contribution is 5.70. The zero-order chi connectivity index (χ0) is 34.1. The van der Waals surface area contributed by atoms with E-state index in [9.17, 15) is 9.59 Å². The highest BCUT2D eigenvalue weighted by Crippen LogP contribution is 2.13. The van der Waals surface area contributed by atoms with E-state index in [1.807, 2.05) is 0 Å². The van der Waals surface area contributed by atoms with Crippen molar-refractivity contribution in [3.63, 3.8) is 0 Å². The Morgan fingerprint density at radius 3 is 1.00 bits per heavy atom. The van der Waals surface area contributed by atoms with Crippen LogP contribution in [0.15, 0.2) is 0 Å². The van der Waals surface area contributed by atoms with Crippen molar-refractivity contribution >= 4 is 11.9 Å². The normalized spacial score (nSPS) is 11.3. The van der Waals surface area contributed by atoms with Crippen molar-refractivity contribution < 1.29 is 57.0 Å². The van der Waals surface area contributed by atoms with E-state index in [2.05, 4.69) is 11.7 Å². The molecule has 0 unspecified atom stereocenters. The average Bonchev–Trinajstić information content (AvgIpc) is 3.08. The van der Waals surface area contributed by atoms with Crippen molar-refractivity contribution in [2.75, 3.05) is 119 Å². The number of carbonyl (C=O) groups excluding carboxylic acids is 2. The Balaban J connectivity index is 3.14. The van der Waals surface area contributed by atoms with Crippen LogP contribution in [-0.4, -0.2) is 131 Å². The maximum absolute atomic E-state index is 11.8. The molecular formula is C35H68O12. The van der Waals surface area contributed by atoms with E-state index in [1.165, 1.54) is 77.7 Å². The highest BCUT2D eigenvalue weighted by Gasteiger charge is 2.03. The summed E-state index contributed by atoms with van der Waals surface area (Å²) >= 11 is 0. The van der Waals surface area contributed by atoms with Crippen LogP contribution in [0.2, 0.25) is 0 Å². The van der Waals surface area contributed by atoms with Gasteiger partial charge in [-0.1, -0.05) is 84.0 Å². The first-order valence-electron chi connectivity index (χ1n) is 18.0. The number of rotatable bonds is 40. The zero-order valence-electron chi connectivity index (χ0n) is 29.8. The van der Waals surface area contributed by atoms with Gasteiger partial charge in [-0.15, -0.1) is 0 Å². The molecule has 0 rings (SSSR count). The summed E-state index contributed by atoms with van der Waals surface area (Å²) in [6.07, 6.45) is 17.3. The fourth-order valence-electron chi connectivity index (χ4n) is 4.33. The molecule has 280 valence electrons. The standard InChI is InChI=1S/C35H68O12/c1-3-4-5-6-7-8-9-10-11-12-13-14-15-16-34(36)47-32-31-45-28-27-43-24-23-41-20-19-39-17-18-40-21-22-42-25-26-44-29-30-46-33-35(37)38-2/h3-33H2,1-2H3. The molecule has 0 spiro atoms. The number of carbonyl (C=O) groups is 2. The van der Waals surface area contributed by atoms with Gasteiger partial charge in [-0.25, -0.2) is 4.79 Å². The fraction of sp³-hybridized carbons (Fsp3) is 0.943. The van der Waals surface area contributed by atoms with Crippen LogP contribution in [0.4, 0.5) is 0 Å². The first-order valence-corrected chi connectivity index (χ1v) is 18.0. The summed E-state index contributed by atoms with van der Waals surface area (Å²) in [5.41, 5.74) is 0. The predicted octanol–water partition coefficient (Wildman–Crippen LogP) is 5.32. The van der Waals surface area contributed by atoms with Gasteiger partial charge in [-0.05, 0) is 6.42 Å². The van der Waals surface area contributed by atoms with Crippen LogP contribution in [0.3, 0.4) is 0 Å². The van der Waals surface area contributed by atoms with E-state index in [-0.39, 0.29) is 19.2 Å². The molecule has 0 aliphatic carbocycles. The van der Waals surface area contributed by atoms with Gasteiger partial charge in [-0.3, -0.25) is 4.79 Å². The molecule has 0 N–H and O–H groups in total. The van der Waals surface area contributed by atoms with Crippen LogP contribution in [-0.2, 0) is 57.0 Å². The number of hydrogen-bond donors (Lipinski definition) is 0. The van der Waals surface area contributed by atoms with Crippen LogP contribution in [0.5, 0.6) is 0 Å². The largest absolute Gasteiger partial charge is 0.467 e. The predicted molar refractivity (Wildman–Crippen MR) is 180 cm³/mol. The smallest absolute Gasteiger partial charge is 0.331 e. The third kappa shape index (κ3) is 40.7. The lowest BCUT2D eigenvalue weighted by atomic mass is 10.0. The van der Waals surface area contributed by atoms with Crippen molar-refractivity contribution in [3.8, 4) is 0 Å². The maximum atomic E-state index is 11.8. The molecule has 0 aliphatic rings. The molecule has 0 saturated heterocycles. The molecule has 0 saturated carbocycles. The summed E-state index contributed by atoms with van der Waals surface area (Å²) in [6, 6.07) is 0. The lowest BCUT2D eigenvalue weighted by molar-refractivity contribution is -0.146. The molecule has 0 aromatic rings. The number of unbranched alkanes of at least 4 members (excludes halogenated alkanes) is 12. The van der Waals surface area contributed by atoms with Crippen molar-refractivity contribution in [1.82, 2.24) is 0 Å². The molecule has 0 fully saturated rings. The Labute approximate surface area is 285 Å². The van der Waals surface area contributed by atoms with Crippen LogP contribution in [0.1, 0.15) is 96.8 Å². The van der Waals surface area contributed by atoms with Crippen LogP contribution < -0.4 is 0 Å². The second-order valence-electron chi connectivity index (χ2n) is 11.1. The second-order valence-corrected chi connectivity index (χ2v) is 11.1. The van der Waals surface area contributed by atoms with E-state index in [0.29, 0.717) is 106 Å². The molecule has 0 bridgehead atoms. The summed E-state index contributed by atoms with van der Waals surface area (Å²) in [5.74, 6) is -0.543. The Bertz CT molecular complexity index is 638. The molecule has 0 aromatic carbocycles. The minimum Gasteiger partial charge on any atom is -0.467 e. The van der Waals surface area contributed by atoms with Gasteiger partial charge >= 0.3 is 11.9 Å². The molecule has 0 aromatic heterocycles. The van der Waals surface area contributed by atoms with Gasteiger partial charge in [0.25, 0.3) is 0 Å². The van der Waals surface area contributed by atoms with Crippen molar-refractivity contribution in [2.45, 2.75) is 96.8 Å². The summed E-state index contributed by atoms with van der Waals surface area (Å²) in [7, 11) is 1.32. The van der Waals surface area contributed by atoms with Gasteiger partial charge in [0.1, 0.15) is 13.2 Å². The third-order valence-electron chi connectivity index (χ3n) is 7.03. The van der Waals surface area contributed by atoms with E-state index in [4.69, 9.17) is 42.6 Å². The molecule has 0 amide bonds. The fourth-order valence-corrected chi connectivity index (χ4v) is 4.33. The second kappa shape index (κ2) is 40.8. The maximum Gasteiger partial charge on any atom is 0.331 e. The van der Waals surface area contributed by atoms with Crippen molar-refractivity contribution in [2.24, 2.45) is 0 Å². The molecular weight excluding hydrogens is 612 g/mol. The van der Waals surface area contributed by atoms with Gasteiger partial charge in [0.05, 0.1) is 106 Å². The van der Waals surface area contributed by atoms with E-state index in [1.54, 1.807) is 0 Å². The quantitative estimate of drug-likeness (QED) is 0.0615. The Morgan fingerprint density at radius 1 is 0.362 bits per heavy atom. The van der Waals surface area contributed by atoms with Gasteiger partial charge in [0, 0.05) is 6.42 Å². The summed E-state index contributed by atoms with van der Waals surface area (Å²) in [5, 5.41) is 0. The van der Waals surface area contributed by atoms with Crippen LogP contribution >= 0.6 is 0 Å². The molecule has 12 heteroatoms. The van der Waals surface area contributed by atoms with Crippen LogP contribution in [0.25, 0.3) is 0 Å². The number of methoxy groups -OCH3 is 1. The molecule has 0 atom stereocenters. The number of esters is 2. The lowest BCUT2D eigenvalue weighted by Gasteiger charge is -2.09. The molecule has 47 heavy (non-hydrogen) atoms. The first kappa shape index (κ1) is 45.6. The molecule has 0 radical (unpaired) electrons. The Morgan fingerprint density at radius 2 is 0.660 bits per heavy atom. The van der Waals surface area contributed by atoms with Crippen molar-refractivity contribution in [3.05, 3.63) is 0 Å². The average molecular weight is 681 g/mol. The minimum absolute atomic E-state index is 0.0704. The summed E-state index contributed by atoms with van der Waals surface area (Å²) < 4.78 is 52.8. The van der Waals surface area contributed by atoms with Gasteiger partial charge in [-0.2, -0.15) is 0 Å².